The molecule has 2 heterocycles. The number of hydrogen-bond acceptors (Lipinski definition) is 8. The Morgan fingerprint density at radius 3 is 2.70 bits per heavy atom. The van der Waals surface area contributed by atoms with Crippen LogP contribution in [0.1, 0.15) is 45.0 Å². The van der Waals surface area contributed by atoms with Gasteiger partial charge in [0.25, 0.3) is 5.89 Å². The minimum absolute atomic E-state index is 0.0109. The molecule has 0 radical (unpaired) electrons. The fourth-order valence-corrected chi connectivity index (χ4v) is 3.08. The van der Waals surface area contributed by atoms with Crippen molar-refractivity contribution in [3.8, 4) is 23.3 Å². The Labute approximate surface area is 175 Å². The van der Waals surface area contributed by atoms with Crippen LogP contribution in [0.15, 0.2) is 22.7 Å². The van der Waals surface area contributed by atoms with Crippen LogP contribution in [0.5, 0.6) is 5.75 Å². The van der Waals surface area contributed by atoms with Gasteiger partial charge in [-0.25, -0.2) is 4.79 Å². The minimum atomic E-state index is -0.501. The molecular weight excluding hydrogens is 388 g/mol. The first-order chi connectivity index (χ1) is 14.3. The van der Waals surface area contributed by atoms with Crippen LogP contribution in [0.4, 0.5) is 4.79 Å². The number of nitrogens with zero attached hydrogens (tertiary/aromatic N) is 4. The zero-order chi connectivity index (χ0) is 21.7. The Balaban J connectivity index is 1.51. The van der Waals surface area contributed by atoms with E-state index < -0.39 is 5.60 Å². The number of carbonyl (C=O) groups is 1. The van der Waals surface area contributed by atoms with Gasteiger partial charge in [-0.05, 0) is 51.8 Å². The molecule has 0 unspecified atom stereocenters. The summed E-state index contributed by atoms with van der Waals surface area (Å²) in [5.41, 5.74) is 0.526. The van der Waals surface area contributed by atoms with Gasteiger partial charge >= 0.3 is 6.09 Å². The molecule has 1 amide bonds. The molecule has 0 atom stereocenters. The number of aromatic nitrogens is 2. The standard InChI is InChI=1S/C21H26N4O5/c1-21(2,3)29-20(26)25-9-7-16(8-10-25)28-13-18-23-19(30-24-18)14-5-6-17(27-4)15(11-14)12-22/h5-6,11,16H,7-10,13H2,1-4H3. The number of carbonyl (C=O) groups excluding carboxylic acids is 1. The zero-order valence-electron chi connectivity index (χ0n) is 17.7. The second kappa shape index (κ2) is 9.13. The molecule has 30 heavy (non-hydrogen) atoms. The molecule has 9 nitrogen and oxygen atoms in total. The molecule has 1 aliphatic heterocycles. The molecule has 0 N–H and O–H groups in total. The third kappa shape index (κ3) is 5.48. The largest absolute Gasteiger partial charge is 0.495 e. The summed E-state index contributed by atoms with van der Waals surface area (Å²) < 4.78 is 21.7. The third-order valence-electron chi connectivity index (χ3n) is 4.58. The lowest BCUT2D eigenvalue weighted by atomic mass is 10.1. The third-order valence-corrected chi connectivity index (χ3v) is 4.58. The molecule has 3 rings (SSSR count). The van der Waals surface area contributed by atoms with E-state index in [4.69, 9.17) is 18.7 Å². The molecule has 0 spiro atoms. The van der Waals surface area contributed by atoms with E-state index in [1.54, 1.807) is 23.1 Å². The van der Waals surface area contributed by atoms with Gasteiger partial charge in [0.2, 0.25) is 0 Å². The first-order valence-electron chi connectivity index (χ1n) is 9.79. The fourth-order valence-electron chi connectivity index (χ4n) is 3.08. The summed E-state index contributed by atoms with van der Waals surface area (Å²) in [4.78, 5) is 18.2. The monoisotopic (exact) mass is 414 g/mol. The summed E-state index contributed by atoms with van der Waals surface area (Å²) in [6.07, 6.45) is 1.15. The number of amides is 1. The first kappa shape index (κ1) is 21.6. The zero-order valence-corrected chi connectivity index (χ0v) is 17.7. The van der Waals surface area contributed by atoms with Gasteiger partial charge in [-0.1, -0.05) is 5.16 Å². The summed E-state index contributed by atoms with van der Waals surface area (Å²) >= 11 is 0. The van der Waals surface area contributed by atoms with Crippen LogP contribution in [-0.2, 0) is 16.1 Å². The topological polar surface area (TPSA) is 111 Å². The van der Waals surface area contributed by atoms with Crippen molar-refractivity contribution in [3.63, 3.8) is 0 Å². The maximum atomic E-state index is 12.1. The highest BCUT2D eigenvalue weighted by Crippen LogP contribution is 2.25. The lowest BCUT2D eigenvalue weighted by Crippen LogP contribution is -2.43. The van der Waals surface area contributed by atoms with Crippen LogP contribution in [0, 0.1) is 11.3 Å². The molecule has 0 aliphatic carbocycles. The lowest BCUT2D eigenvalue weighted by molar-refractivity contribution is -0.0190. The van der Waals surface area contributed by atoms with E-state index in [-0.39, 0.29) is 18.8 Å². The summed E-state index contributed by atoms with van der Waals surface area (Å²) in [5.74, 6) is 1.23. The highest BCUT2D eigenvalue weighted by Gasteiger charge is 2.27. The van der Waals surface area contributed by atoms with Crippen molar-refractivity contribution >= 4 is 6.09 Å². The molecule has 1 aliphatic rings. The maximum Gasteiger partial charge on any atom is 0.410 e. The number of methoxy groups -OCH3 is 1. The number of likely N-dealkylation sites (tertiary alicyclic amines) is 1. The van der Waals surface area contributed by atoms with Gasteiger partial charge in [-0.3, -0.25) is 0 Å². The van der Waals surface area contributed by atoms with Gasteiger partial charge in [-0.15, -0.1) is 0 Å². The number of rotatable bonds is 5. The Kier molecular flexibility index (Phi) is 6.57. The van der Waals surface area contributed by atoms with E-state index in [1.165, 1.54) is 7.11 Å². The van der Waals surface area contributed by atoms with Crippen molar-refractivity contribution in [2.45, 2.75) is 51.9 Å². The van der Waals surface area contributed by atoms with Gasteiger partial charge in [0, 0.05) is 18.7 Å². The van der Waals surface area contributed by atoms with Crippen LogP contribution in [0.2, 0.25) is 0 Å². The van der Waals surface area contributed by atoms with Gasteiger partial charge in [0.1, 0.15) is 24.0 Å². The predicted octanol–water partition coefficient (Wildman–Crippen LogP) is 3.53. The number of piperidine rings is 1. The summed E-state index contributed by atoms with van der Waals surface area (Å²) in [6.45, 7) is 6.94. The predicted molar refractivity (Wildman–Crippen MR) is 107 cm³/mol. The van der Waals surface area contributed by atoms with Crippen molar-refractivity contribution in [3.05, 3.63) is 29.6 Å². The van der Waals surface area contributed by atoms with E-state index >= 15 is 0 Å². The molecule has 1 fully saturated rings. The van der Waals surface area contributed by atoms with Crippen molar-refractivity contribution in [2.75, 3.05) is 20.2 Å². The van der Waals surface area contributed by atoms with Gasteiger partial charge in [0.05, 0.1) is 18.8 Å². The average Bonchev–Trinajstić information content (AvgIpc) is 3.20. The second-order valence-electron chi connectivity index (χ2n) is 8.02. The van der Waals surface area contributed by atoms with Gasteiger partial charge in [0.15, 0.2) is 5.82 Å². The average molecular weight is 414 g/mol. The first-order valence-corrected chi connectivity index (χ1v) is 9.79. The quantitative estimate of drug-likeness (QED) is 0.730. The normalized spacial score (nSPS) is 15.0. The molecule has 2 aromatic rings. The fraction of sp³-hybridized carbons (Fsp3) is 0.524. The van der Waals surface area contributed by atoms with E-state index in [9.17, 15) is 10.1 Å². The Hall–Kier alpha value is -3.12. The van der Waals surface area contributed by atoms with Crippen LogP contribution in [0.3, 0.4) is 0 Å². The van der Waals surface area contributed by atoms with Gasteiger partial charge < -0.3 is 23.6 Å². The molecule has 1 aromatic heterocycles. The lowest BCUT2D eigenvalue weighted by Gasteiger charge is -2.33. The maximum absolute atomic E-state index is 12.1. The van der Waals surface area contributed by atoms with Crippen LogP contribution < -0.4 is 4.74 Å². The number of nitriles is 1. The van der Waals surface area contributed by atoms with Crippen LogP contribution >= 0.6 is 0 Å². The SMILES string of the molecule is COc1ccc(-c2nc(COC3CCN(C(=O)OC(C)(C)C)CC3)no2)cc1C#N. The molecular formula is C21H26N4O5. The molecule has 1 aromatic carbocycles. The number of ether oxygens (including phenoxy) is 3. The molecule has 0 saturated carbocycles. The van der Waals surface area contributed by atoms with Crippen LogP contribution in [-0.4, -0.2) is 53.0 Å². The second-order valence-corrected chi connectivity index (χ2v) is 8.02. The van der Waals surface area contributed by atoms with Crippen LogP contribution in [0.25, 0.3) is 11.5 Å². The minimum Gasteiger partial charge on any atom is -0.495 e. The Bertz CT molecular complexity index is 920. The van der Waals surface area contributed by atoms with E-state index in [0.717, 1.165) is 0 Å². The van der Waals surface area contributed by atoms with Crippen molar-refractivity contribution in [2.24, 2.45) is 0 Å². The Morgan fingerprint density at radius 2 is 2.07 bits per heavy atom. The highest BCUT2D eigenvalue weighted by atomic mass is 16.6. The Morgan fingerprint density at radius 1 is 1.33 bits per heavy atom. The number of benzene rings is 1. The summed E-state index contributed by atoms with van der Waals surface area (Å²) in [5, 5.41) is 13.2. The molecule has 1 saturated heterocycles. The smallest absolute Gasteiger partial charge is 0.410 e. The van der Waals surface area contributed by atoms with E-state index in [0.29, 0.717) is 54.5 Å². The summed E-state index contributed by atoms with van der Waals surface area (Å²) in [7, 11) is 1.51. The van der Waals surface area contributed by atoms with E-state index in [1.807, 2.05) is 20.8 Å². The van der Waals surface area contributed by atoms with E-state index in [2.05, 4.69) is 16.2 Å². The highest BCUT2D eigenvalue weighted by molar-refractivity contribution is 5.68. The number of hydrogen-bond donors (Lipinski definition) is 0. The molecule has 9 heteroatoms. The van der Waals surface area contributed by atoms with Gasteiger partial charge in [-0.2, -0.15) is 10.2 Å². The molecule has 160 valence electrons. The van der Waals surface area contributed by atoms with Crippen molar-refractivity contribution in [1.29, 1.82) is 5.26 Å². The van der Waals surface area contributed by atoms with Crippen molar-refractivity contribution in [1.82, 2.24) is 15.0 Å². The van der Waals surface area contributed by atoms with Crippen molar-refractivity contribution < 1.29 is 23.5 Å². The summed E-state index contributed by atoms with van der Waals surface area (Å²) in [6, 6.07) is 7.16. The molecule has 0 bridgehead atoms.